The SMILES string of the molecule is CC(=O)CC(C)C.CC1OC1Cl. The van der Waals surface area contributed by atoms with E-state index in [1.807, 2.05) is 20.8 Å². The first-order valence-corrected chi connectivity index (χ1v) is 4.66. The maximum atomic E-state index is 10.3. The molecule has 3 heteroatoms. The van der Waals surface area contributed by atoms with Gasteiger partial charge in [0.25, 0.3) is 0 Å². The van der Waals surface area contributed by atoms with Crippen LogP contribution in [0.1, 0.15) is 34.1 Å². The molecule has 0 aliphatic carbocycles. The lowest BCUT2D eigenvalue weighted by molar-refractivity contribution is -0.117. The van der Waals surface area contributed by atoms with Crippen molar-refractivity contribution < 1.29 is 9.53 Å². The van der Waals surface area contributed by atoms with E-state index in [4.69, 9.17) is 11.6 Å². The number of hydrogen-bond acceptors (Lipinski definition) is 2. The van der Waals surface area contributed by atoms with E-state index in [2.05, 4.69) is 4.74 Å². The zero-order valence-corrected chi connectivity index (χ0v) is 8.89. The number of Topliss-reactive ketones (excluding diaryl/α,β-unsaturated/α-hetero) is 1. The fraction of sp³-hybridized carbons (Fsp3) is 0.889. The van der Waals surface area contributed by atoms with Gasteiger partial charge in [0.15, 0.2) is 5.56 Å². The van der Waals surface area contributed by atoms with Crippen LogP contribution in [0.2, 0.25) is 0 Å². The number of alkyl halides is 1. The maximum absolute atomic E-state index is 10.3. The first-order chi connectivity index (χ1) is 5.43. The molecular weight excluding hydrogens is 176 g/mol. The largest absolute Gasteiger partial charge is 0.353 e. The van der Waals surface area contributed by atoms with Crippen LogP contribution in [0.15, 0.2) is 0 Å². The van der Waals surface area contributed by atoms with E-state index in [-0.39, 0.29) is 11.3 Å². The Morgan fingerprint density at radius 1 is 1.58 bits per heavy atom. The number of ether oxygens (including phenoxy) is 1. The van der Waals surface area contributed by atoms with E-state index >= 15 is 0 Å². The molecule has 0 amide bonds. The minimum absolute atomic E-state index is 0.0231. The fourth-order valence-corrected chi connectivity index (χ4v) is 0.897. The van der Waals surface area contributed by atoms with Crippen LogP contribution in [0.3, 0.4) is 0 Å². The summed E-state index contributed by atoms with van der Waals surface area (Å²) < 4.78 is 4.68. The Morgan fingerprint density at radius 2 is 1.92 bits per heavy atom. The van der Waals surface area contributed by atoms with E-state index in [1.54, 1.807) is 6.92 Å². The van der Waals surface area contributed by atoms with Gasteiger partial charge in [-0.3, -0.25) is 0 Å². The van der Waals surface area contributed by atoms with Gasteiger partial charge in [-0.1, -0.05) is 25.4 Å². The summed E-state index contributed by atoms with van der Waals surface area (Å²) in [6, 6.07) is 0. The third kappa shape index (κ3) is 8.02. The van der Waals surface area contributed by atoms with Gasteiger partial charge >= 0.3 is 0 Å². The van der Waals surface area contributed by atoms with E-state index in [0.717, 1.165) is 6.42 Å². The van der Waals surface area contributed by atoms with Gasteiger partial charge in [0.05, 0.1) is 6.10 Å². The van der Waals surface area contributed by atoms with Crippen LogP contribution in [-0.4, -0.2) is 17.5 Å². The molecule has 0 aromatic rings. The van der Waals surface area contributed by atoms with Gasteiger partial charge in [-0.2, -0.15) is 0 Å². The van der Waals surface area contributed by atoms with Crippen molar-refractivity contribution in [3.63, 3.8) is 0 Å². The van der Waals surface area contributed by atoms with Crippen molar-refractivity contribution in [1.29, 1.82) is 0 Å². The van der Waals surface area contributed by atoms with Crippen LogP contribution in [0, 0.1) is 5.92 Å². The van der Waals surface area contributed by atoms with Crippen LogP contribution >= 0.6 is 11.6 Å². The molecule has 1 heterocycles. The zero-order chi connectivity index (χ0) is 9.72. The molecule has 2 atom stereocenters. The number of carbonyl (C=O) groups is 1. The molecule has 1 aliphatic heterocycles. The second kappa shape index (κ2) is 5.55. The minimum atomic E-state index is 0.0231. The molecule has 1 aliphatic rings. The van der Waals surface area contributed by atoms with Crippen molar-refractivity contribution in [2.75, 3.05) is 0 Å². The second-order valence-corrected chi connectivity index (χ2v) is 3.92. The van der Waals surface area contributed by atoms with Gasteiger partial charge in [-0.05, 0) is 19.8 Å². The molecule has 0 spiro atoms. The standard InChI is InChI=1S/C6H12O.C3H5ClO/c1-5(2)4-6(3)7;1-2-3(4)5-2/h5H,4H2,1-3H3;2-3H,1H3. The third-order valence-electron chi connectivity index (χ3n) is 1.33. The quantitative estimate of drug-likeness (QED) is 0.497. The lowest BCUT2D eigenvalue weighted by Gasteiger charge is -1.95. The Morgan fingerprint density at radius 3 is 1.92 bits per heavy atom. The van der Waals surface area contributed by atoms with Crippen LogP contribution in [0.25, 0.3) is 0 Å². The highest BCUT2D eigenvalue weighted by molar-refractivity contribution is 6.21. The first-order valence-electron chi connectivity index (χ1n) is 4.22. The summed E-state index contributed by atoms with van der Waals surface area (Å²) in [7, 11) is 0. The molecule has 2 unspecified atom stereocenters. The predicted molar refractivity (Wildman–Crippen MR) is 50.3 cm³/mol. The number of carbonyl (C=O) groups excluding carboxylic acids is 1. The summed E-state index contributed by atoms with van der Waals surface area (Å²) in [5.41, 5.74) is 0.0231. The number of epoxide rings is 1. The van der Waals surface area contributed by atoms with Crippen molar-refractivity contribution in [3.8, 4) is 0 Å². The molecule has 12 heavy (non-hydrogen) atoms. The zero-order valence-electron chi connectivity index (χ0n) is 8.13. The molecule has 0 radical (unpaired) electrons. The Balaban J connectivity index is 0.000000211. The topological polar surface area (TPSA) is 29.6 Å². The van der Waals surface area contributed by atoms with Crippen molar-refractivity contribution in [1.82, 2.24) is 0 Å². The molecule has 1 rings (SSSR count). The summed E-state index contributed by atoms with van der Waals surface area (Å²) in [4.78, 5) is 10.3. The summed E-state index contributed by atoms with van der Waals surface area (Å²) >= 11 is 5.31. The smallest absolute Gasteiger partial charge is 0.157 e. The molecule has 1 saturated heterocycles. The molecule has 2 nitrogen and oxygen atoms in total. The average molecular weight is 193 g/mol. The van der Waals surface area contributed by atoms with E-state index in [1.165, 1.54) is 0 Å². The third-order valence-corrected chi connectivity index (χ3v) is 1.79. The number of rotatable bonds is 2. The Hall–Kier alpha value is -0.0800. The molecule has 1 fully saturated rings. The van der Waals surface area contributed by atoms with Crippen molar-refractivity contribution >= 4 is 17.4 Å². The molecular formula is C9H17ClO2. The Labute approximate surface area is 79.2 Å². The van der Waals surface area contributed by atoms with E-state index < -0.39 is 0 Å². The first kappa shape index (κ1) is 11.9. The predicted octanol–water partition coefficient (Wildman–Crippen LogP) is 2.59. The van der Waals surface area contributed by atoms with E-state index in [9.17, 15) is 4.79 Å². The number of ketones is 1. The highest BCUT2D eigenvalue weighted by Crippen LogP contribution is 2.23. The normalized spacial score (nSPS) is 26.2. The van der Waals surface area contributed by atoms with Gasteiger partial charge < -0.3 is 9.53 Å². The van der Waals surface area contributed by atoms with Crippen LogP contribution in [0.4, 0.5) is 0 Å². The number of hydrogen-bond donors (Lipinski definition) is 0. The van der Waals surface area contributed by atoms with Gasteiger partial charge in [0, 0.05) is 6.42 Å². The summed E-state index contributed by atoms with van der Waals surface area (Å²) in [5, 5.41) is 0. The molecule has 0 saturated carbocycles. The van der Waals surface area contributed by atoms with Crippen LogP contribution < -0.4 is 0 Å². The molecule has 0 aromatic carbocycles. The Kier molecular flexibility index (Phi) is 5.51. The van der Waals surface area contributed by atoms with Gasteiger partial charge in [0.2, 0.25) is 0 Å². The fourth-order valence-electron chi connectivity index (χ4n) is 0.735. The van der Waals surface area contributed by atoms with Crippen LogP contribution in [0.5, 0.6) is 0 Å². The van der Waals surface area contributed by atoms with Gasteiger partial charge in [-0.15, -0.1) is 0 Å². The lowest BCUT2D eigenvalue weighted by atomic mass is 10.1. The summed E-state index contributed by atoms with van der Waals surface area (Å²) in [6.45, 7) is 7.65. The Bertz CT molecular complexity index is 139. The van der Waals surface area contributed by atoms with Crippen molar-refractivity contribution in [2.24, 2.45) is 5.92 Å². The number of halogens is 1. The minimum Gasteiger partial charge on any atom is -0.353 e. The molecule has 0 N–H and O–H groups in total. The van der Waals surface area contributed by atoms with Crippen molar-refractivity contribution in [3.05, 3.63) is 0 Å². The van der Waals surface area contributed by atoms with Gasteiger partial charge in [-0.25, -0.2) is 0 Å². The highest BCUT2D eigenvalue weighted by atomic mass is 35.5. The average Bonchev–Trinajstić information content (AvgIpc) is 2.42. The molecule has 72 valence electrons. The molecule has 0 bridgehead atoms. The van der Waals surface area contributed by atoms with Gasteiger partial charge in [0.1, 0.15) is 5.78 Å². The summed E-state index contributed by atoms with van der Waals surface area (Å²) in [5.74, 6) is 0.813. The van der Waals surface area contributed by atoms with Crippen molar-refractivity contribution in [2.45, 2.75) is 45.8 Å². The molecule has 0 aromatic heterocycles. The lowest BCUT2D eigenvalue weighted by Crippen LogP contribution is -1.95. The second-order valence-electron chi connectivity index (χ2n) is 3.49. The van der Waals surface area contributed by atoms with E-state index in [0.29, 0.717) is 12.0 Å². The monoisotopic (exact) mass is 192 g/mol. The summed E-state index contributed by atoms with van der Waals surface area (Å²) in [6.07, 6.45) is 1.04. The van der Waals surface area contributed by atoms with Crippen LogP contribution in [-0.2, 0) is 9.53 Å². The highest BCUT2D eigenvalue weighted by Gasteiger charge is 2.30. The maximum Gasteiger partial charge on any atom is 0.157 e.